The SMILES string of the molecule is O=C(NCc1ccccc1F)[C@@H]1CCCN(C(=O)c2ccc(F)cc2)C1. The molecule has 2 aromatic carbocycles. The van der Waals surface area contributed by atoms with Gasteiger partial charge in [0.1, 0.15) is 11.6 Å². The van der Waals surface area contributed by atoms with E-state index in [1.165, 1.54) is 30.3 Å². The summed E-state index contributed by atoms with van der Waals surface area (Å²) in [6, 6.07) is 11.7. The van der Waals surface area contributed by atoms with Gasteiger partial charge in [0.15, 0.2) is 0 Å². The molecule has 0 bridgehead atoms. The summed E-state index contributed by atoms with van der Waals surface area (Å²) in [6.45, 7) is 0.987. The molecule has 2 aromatic rings. The predicted octanol–water partition coefficient (Wildman–Crippen LogP) is 3.13. The molecule has 0 spiro atoms. The third-order valence-corrected chi connectivity index (χ3v) is 4.58. The van der Waals surface area contributed by atoms with E-state index < -0.39 is 5.82 Å². The molecular formula is C20H20F2N2O2. The molecule has 6 heteroatoms. The summed E-state index contributed by atoms with van der Waals surface area (Å²) in [5.41, 5.74) is 0.828. The lowest BCUT2D eigenvalue weighted by Crippen LogP contribution is -2.45. The molecule has 1 N–H and O–H groups in total. The van der Waals surface area contributed by atoms with Crippen LogP contribution < -0.4 is 5.32 Å². The number of likely N-dealkylation sites (tertiary alicyclic amines) is 1. The molecular weight excluding hydrogens is 338 g/mol. The van der Waals surface area contributed by atoms with Crippen LogP contribution >= 0.6 is 0 Å². The van der Waals surface area contributed by atoms with Gasteiger partial charge in [0, 0.05) is 30.8 Å². The van der Waals surface area contributed by atoms with Gasteiger partial charge < -0.3 is 10.2 Å². The monoisotopic (exact) mass is 358 g/mol. The largest absolute Gasteiger partial charge is 0.352 e. The molecule has 1 saturated heterocycles. The molecule has 26 heavy (non-hydrogen) atoms. The summed E-state index contributed by atoms with van der Waals surface area (Å²) in [4.78, 5) is 26.6. The molecule has 2 amide bonds. The van der Waals surface area contributed by atoms with Crippen molar-refractivity contribution in [3.63, 3.8) is 0 Å². The summed E-state index contributed by atoms with van der Waals surface area (Å²) in [5.74, 6) is -1.49. The minimum Gasteiger partial charge on any atom is -0.352 e. The molecule has 4 nitrogen and oxygen atoms in total. The molecule has 1 aliphatic heterocycles. The van der Waals surface area contributed by atoms with Crippen LogP contribution in [-0.2, 0) is 11.3 Å². The summed E-state index contributed by atoms with van der Waals surface area (Å²) in [5, 5.41) is 2.75. The lowest BCUT2D eigenvalue weighted by Gasteiger charge is -2.32. The van der Waals surface area contributed by atoms with Crippen molar-refractivity contribution in [3.05, 3.63) is 71.3 Å². The van der Waals surface area contributed by atoms with E-state index in [1.54, 1.807) is 23.1 Å². The fourth-order valence-corrected chi connectivity index (χ4v) is 3.12. The quantitative estimate of drug-likeness (QED) is 0.913. The van der Waals surface area contributed by atoms with E-state index in [4.69, 9.17) is 0 Å². The number of hydrogen-bond donors (Lipinski definition) is 1. The second kappa shape index (κ2) is 8.08. The number of benzene rings is 2. The molecule has 0 saturated carbocycles. The number of halogens is 2. The standard InChI is InChI=1S/C20H20F2N2O2/c21-17-9-7-14(8-10-17)20(26)24-11-3-5-16(13-24)19(25)23-12-15-4-1-2-6-18(15)22/h1-2,4,6-10,16H,3,5,11-13H2,(H,23,25)/t16-/m1/s1. The minimum atomic E-state index is -0.398. The van der Waals surface area contributed by atoms with E-state index in [0.29, 0.717) is 37.1 Å². The molecule has 136 valence electrons. The summed E-state index contributed by atoms with van der Waals surface area (Å²) in [7, 11) is 0. The van der Waals surface area contributed by atoms with Crippen LogP contribution in [0, 0.1) is 17.6 Å². The van der Waals surface area contributed by atoms with Crippen LogP contribution in [0.4, 0.5) is 8.78 Å². The van der Waals surface area contributed by atoms with E-state index in [1.807, 2.05) is 0 Å². The van der Waals surface area contributed by atoms with Gasteiger partial charge in [-0.3, -0.25) is 9.59 Å². The Morgan fingerprint density at radius 2 is 1.81 bits per heavy atom. The van der Waals surface area contributed by atoms with E-state index in [-0.39, 0.29) is 30.1 Å². The smallest absolute Gasteiger partial charge is 0.253 e. The van der Waals surface area contributed by atoms with Crippen LogP contribution in [0.3, 0.4) is 0 Å². The second-order valence-electron chi connectivity index (χ2n) is 6.41. The van der Waals surface area contributed by atoms with Crippen LogP contribution in [0.5, 0.6) is 0 Å². The third-order valence-electron chi connectivity index (χ3n) is 4.58. The Bertz CT molecular complexity index is 793. The van der Waals surface area contributed by atoms with E-state index in [2.05, 4.69) is 5.32 Å². The lowest BCUT2D eigenvalue weighted by atomic mass is 9.96. The third kappa shape index (κ3) is 4.25. The molecule has 1 heterocycles. The molecule has 0 aliphatic carbocycles. The first-order valence-electron chi connectivity index (χ1n) is 8.60. The number of nitrogens with zero attached hydrogens (tertiary/aromatic N) is 1. The van der Waals surface area contributed by atoms with Gasteiger partial charge in [0.2, 0.25) is 5.91 Å². The number of carbonyl (C=O) groups excluding carboxylic acids is 2. The van der Waals surface area contributed by atoms with Gasteiger partial charge in [0.25, 0.3) is 5.91 Å². The zero-order valence-corrected chi connectivity index (χ0v) is 14.3. The lowest BCUT2D eigenvalue weighted by molar-refractivity contribution is -0.126. The Morgan fingerprint density at radius 1 is 1.08 bits per heavy atom. The zero-order chi connectivity index (χ0) is 18.5. The van der Waals surface area contributed by atoms with Crippen molar-refractivity contribution < 1.29 is 18.4 Å². The number of amides is 2. The normalized spacial score (nSPS) is 17.0. The topological polar surface area (TPSA) is 49.4 Å². The Balaban J connectivity index is 1.59. The number of nitrogens with one attached hydrogen (secondary N) is 1. The van der Waals surface area contributed by atoms with Crippen molar-refractivity contribution in [2.45, 2.75) is 19.4 Å². The molecule has 0 aromatic heterocycles. The maximum absolute atomic E-state index is 13.6. The summed E-state index contributed by atoms with van der Waals surface area (Å²) in [6.07, 6.45) is 1.39. The molecule has 0 unspecified atom stereocenters. The van der Waals surface area contributed by atoms with Crippen molar-refractivity contribution >= 4 is 11.8 Å². The summed E-state index contributed by atoms with van der Waals surface area (Å²) >= 11 is 0. The molecule has 1 aliphatic rings. The number of piperidine rings is 1. The van der Waals surface area contributed by atoms with Gasteiger partial charge in [0.05, 0.1) is 5.92 Å². The van der Waals surface area contributed by atoms with Crippen molar-refractivity contribution in [2.75, 3.05) is 13.1 Å². The Hall–Kier alpha value is -2.76. The van der Waals surface area contributed by atoms with E-state index >= 15 is 0 Å². The van der Waals surface area contributed by atoms with Crippen LogP contribution in [0.1, 0.15) is 28.8 Å². The van der Waals surface area contributed by atoms with Crippen LogP contribution in [0.2, 0.25) is 0 Å². The molecule has 1 fully saturated rings. The Morgan fingerprint density at radius 3 is 2.54 bits per heavy atom. The van der Waals surface area contributed by atoms with Gasteiger partial charge >= 0.3 is 0 Å². The van der Waals surface area contributed by atoms with E-state index in [0.717, 1.165) is 0 Å². The Kier molecular flexibility index (Phi) is 5.61. The predicted molar refractivity (Wildman–Crippen MR) is 93.3 cm³/mol. The molecule has 0 radical (unpaired) electrons. The number of carbonyl (C=O) groups is 2. The first-order chi connectivity index (χ1) is 12.5. The number of hydrogen-bond acceptors (Lipinski definition) is 2. The Labute approximate surface area is 150 Å². The van der Waals surface area contributed by atoms with Crippen molar-refractivity contribution in [3.8, 4) is 0 Å². The highest BCUT2D eigenvalue weighted by Gasteiger charge is 2.28. The first-order valence-corrected chi connectivity index (χ1v) is 8.60. The fourth-order valence-electron chi connectivity index (χ4n) is 3.12. The van der Waals surface area contributed by atoms with E-state index in [9.17, 15) is 18.4 Å². The average Bonchev–Trinajstić information content (AvgIpc) is 2.67. The fraction of sp³-hybridized carbons (Fsp3) is 0.300. The highest BCUT2D eigenvalue weighted by molar-refractivity contribution is 5.94. The van der Waals surface area contributed by atoms with Gasteiger partial charge in [-0.15, -0.1) is 0 Å². The van der Waals surface area contributed by atoms with Gasteiger partial charge in [-0.05, 0) is 43.2 Å². The van der Waals surface area contributed by atoms with Gasteiger partial charge in [-0.25, -0.2) is 8.78 Å². The first kappa shape index (κ1) is 18.0. The van der Waals surface area contributed by atoms with Crippen LogP contribution in [0.25, 0.3) is 0 Å². The van der Waals surface area contributed by atoms with Crippen molar-refractivity contribution in [2.24, 2.45) is 5.92 Å². The van der Waals surface area contributed by atoms with Gasteiger partial charge in [-0.2, -0.15) is 0 Å². The van der Waals surface area contributed by atoms with Crippen molar-refractivity contribution in [1.82, 2.24) is 10.2 Å². The average molecular weight is 358 g/mol. The summed E-state index contributed by atoms with van der Waals surface area (Å²) < 4.78 is 26.6. The van der Waals surface area contributed by atoms with Crippen molar-refractivity contribution in [1.29, 1.82) is 0 Å². The molecule has 1 atom stereocenters. The zero-order valence-electron chi connectivity index (χ0n) is 14.3. The molecule has 3 rings (SSSR count). The highest BCUT2D eigenvalue weighted by atomic mass is 19.1. The second-order valence-corrected chi connectivity index (χ2v) is 6.41. The van der Waals surface area contributed by atoms with Crippen LogP contribution in [0.15, 0.2) is 48.5 Å². The highest BCUT2D eigenvalue weighted by Crippen LogP contribution is 2.19. The van der Waals surface area contributed by atoms with Crippen LogP contribution in [-0.4, -0.2) is 29.8 Å². The maximum Gasteiger partial charge on any atom is 0.253 e. The number of rotatable bonds is 4. The maximum atomic E-state index is 13.6. The minimum absolute atomic E-state index is 0.119. The van der Waals surface area contributed by atoms with Gasteiger partial charge in [-0.1, -0.05) is 18.2 Å².